The van der Waals surface area contributed by atoms with Crippen LogP contribution in [0, 0.1) is 3.95 Å². The average Bonchev–Trinajstić information content (AvgIpc) is 3.31. The Bertz CT molecular complexity index is 1720. The number of aromatic amines is 1. The summed E-state index contributed by atoms with van der Waals surface area (Å²) in [6.07, 6.45) is 0. The van der Waals surface area contributed by atoms with Crippen LogP contribution in [0.5, 0.6) is 0 Å². The third kappa shape index (κ3) is 8.86. The molecule has 0 saturated carbocycles. The Morgan fingerprint density at radius 1 is 1.02 bits per heavy atom. The molecule has 23 heteroatoms. The fourth-order valence-corrected chi connectivity index (χ4v) is 6.07. The van der Waals surface area contributed by atoms with Crippen molar-refractivity contribution >= 4 is 84.3 Å². The Labute approximate surface area is 270 Å². The molecule has 0 aliphatic rings. The van der Waals surface area contributed by atoms with Gasteiger partial charge in [-0.25, -0.2) is 16.8 Å². The minimum atomic E-state index is -6.87. The van der Waals surface area contributed by atoms with E-state index in [1.165, 1.54) is 35.6 Å². The van der Waals surface area contributed by atoms with Crippen molar-refractivity contribution in [2.75, 3.05) is 21.2 Å². The number of benzene rings is 2. The zero-order valence-corrected chi connectivity index (χ0v) is 26.8. The number of rotatable bonds is 12. The number of hydrazine groups is 1. The van der Waals surface area contributed by atoms with Gasteiger partial charge < -0.3 is 9.87 Å². The summed E-state index contributed by atoms with van der Waals surface area (Å²) in [6.45, 7) is 0. The molecule has 42 heavy (non-hydrogen) atoms. The van der Waals surface area contributed by atoms with E-state index in [-0.39, 0.29) is 57.3 Å². The number of amides is 2. The number of anilines is 3. The van der Waals surface area contributed by atoms with Crippen molar-refractivity contribution in [1.29, 1.82) is 0 Å². The summed E-state index contributed by atoms with van der Waals surface area (Å²) < 4.78 is 113. The molecule has 2 amide bonds. The molecular formula is C19H15F4N6NaO7S5. The van der Waals surface area contributed by atoms with E-state index in [1.807, 2.05) is 0 Å². The van der Waals surface area contributed by atoms with Gasteiger partial charge in [0.05, 0.1) is 16.3 Å². The van der Waals surface area contributed by atoms with Crippen LogP contribution in [0.1, 0.15) is 0 Å². The van der Waals surface area contributed by atoms with Gasteiger partial charge in [-0.3, -0.25) is 30.3 Å². The van der Waals surface area contributed by atoms with Crippen molar-refractivity contribution in [3.05, 3.63) is 52.5 Å². The van der Waals surface area contributed by atoms with E-state index < -0.39 is 43.1 Å². The van der Waals surface area contributed by atoms with Crippen molar-refractivity contribution in [3.8, 4) is 0 Å². The van der Waals surface area contributed by atoms with Gasteiger partial charge in [0, 0.05) is 11.4 Å². The van der Waals surface area contributed by atoms with Gasteiger partial charge in [-0.1, -0.05) is 29.2 Å². The van der Waals surface area contributed by atoms with Crippen LogP contribution in [0.2, 0.25) is 0 Å². The van der Waals surface area contributed by atoms with Crippen LogP contribution >= 0.6 is 35.3 Å². The molecule has 0 aliphatic carbocycles. The number of nitrogens with zero attached hydrogens (tertiary/aromatic N) is 1. The molecule has 0 atom stereocenters. The number of hydrogen-bond acceptors (Lipinski definition) is 12. The summed E-state index contributed by atoms with van der Waals surface area (Å²) in [5.41, 5.74) is 2.86. The molecule has 222 valence electrons. The molecule has 2 aromatic carbocycles. The number of aromatic nitrogens is 2. The molecule has 0 saturated heterocycles. The van der Waals surface area contributed by atoms with Gasteiger partial charge in [0.15, 0.2) is 18.4 Å². The Morgan fingerprint density at radius 2 is 1.64 bits per heavy atom. The summed E-state index contributed by atoms with van der Waals surface area (Å²) in [7, 11) is -11.1. The van der Waals surface area contributed by atoms with Crippen molar-refractivity contribution in [2.24, 2.45) is 0 Å². The first kappa shape index (κ1) is 35.9. The molecule has 3 rings (SSSR count). The number of sulfonamides is 1. The van der Waals surface area contributed by atoms with Crippen LogP contribution in [-0.2, 0) is 29.7 Å². The SMILES string of the molecule is O=C(CSc1n[nH]c(=S)s1)Nc1cccc(S(=O)(=O)Nc2ccc(NNC(=O)C(F)(F)C(F)(F)S(=O)(=O)[O-])cc2)c1.[Na+]. The molecule has 5 N–H and O–H groups in total. The van der Waals surface area contributed by atoms with Crippen molar-refractivity contribution in [2.45, 2.75) is 20.4 Å². The third-order valence-electron chi connectivity index (χ3n) is 4.60. The summed E-state index contributed by atoms with van der Waals surface area (Å²) in [5, 5.41) is 2.81. The first-order chi connectivity index (χ1) is 18.9. The quantitative estimate of drug-likeness (QED) is 0.0424. The molecule has 0 fully saturated rings. The fourth-order valence-electron chi connectivity index (χ4n) is 2.68. The summed E-state index contributed by atoms with van der Waals surface area (Å²) in [6, 6.07) is 9.57. The normalized spacial score (nSPS) is 12.1. The van der Waals surface area contributed by atoms with Crippen molar-refractivity contribution in [3.63, 3.8) is 0 Å². The molecule has 13 nitrogen and oxygen atoms in total. The van der Waals surface area contributed by atoms with E-state index in [4.69, 9.17) is 12.2 Å². The minimum absolute atomic E-state index is 0. The zero-order valence-electron chi connectivity index (χ0n) is 20.7. The Hall–Kier alpha value is -2.31. The van der Waals surface area contributed by atoms with Gasteiger partial charge in [-0.2, -0.15) is 22.7 Å². The predicted octanol–water partition coefficient (Wildman–Crippen LogP) is -0.0473. The number of H-pyrrole nitrogens is 1. The van der Waals surface area contributed by atoms with Crippen LogP contribution in [0.3, 0.4) is 0 Å². The Morgan fingerprint density at radius 3 is 2.21 bits per heavy atom. The maximum absolute atomic E-state index is 13.5. The number of hydrogen-bond donors (Lipinski definition) is 5. The molecular weight excluding hydrogens is 684 g/mol. The first-order valence-electron chi connectivity index (χ1n) is 10.4. The van der Waals surface area contributed by atoms with E-state index >= 15 is 0 Å². The number of carbonyl (C=O) groups excluding carboxylic acids is 2. The molecule has 3 aromatic rings. The first-order valence-corrected chi connectivity index (χ1v) is 15.5. The molecule has 1 aromatic heterocycles. The Kier molecular flexibility index (Phi) is 11.9. The van der Waals surface area contributed by atoms with Crippen molar-refractivity contribution < 1.29 is 78.1 Å². The van der Waals surface area contributed by atoms with Gasteiger partial charge in [0.1, 0.15) is 0 Å². The van der Waals surface area contributed by atoms with Gasteiger partial charge in [-0.15, -0.1) is 0 Å². The summed E-state index contributed by atoms with van der Waals surface area (Å²) in [4.78, 5) is 23.4. The summed E-state index contributed by atoms with van der Waals surface area (Å²) in [5.74, 6) is -9.18. The minimum Gasteiger partial charge on any atom is -0.743 e. The van der Waals surface area contributed by atoms with Gasteiger partial charge >= 0.3 is 46.6 Å². The predicted molar refractivity (Wildman–Crippen MR) is 142 cm³/mol. The molecule has 0 aliphatic heterocycles. The zero-order chi connectivity index (χ0) is 30.6. The largest absolute Gasteiger partial charge is 1.00 e. The van der Waals surface area contributed by atoms with Crippen LogP contribution in [0.15, 0.2) is 57.8 Å². The molecule has 0 unspecified atom stereocenters. The molecule has 0 radical (unpaired) electrons. The van der Waals surface area contributed by atoms with E-state index in [9.17, 15) is 48.5 Å². The van der Waals surface area contributed by atoms with Crippen LogP contribution < -0.4 is 50.4 Å². The topological polar surface area (TPSA) is 202 Å². The van der Waals surface area contributed by atoms with E-state index in [0.717, 1.165) is 41.5 Å². The smallest absolute Gasteiger partial charge is 0.743 e. The van der Waals surface area contributed by atoms with Gasteiger partial charge in [-0.05, 0) is 54.7 Å². The van der Waals surface area contributed by atoms with Crippen LogP contribution in [0.25, 0.3) is 0 Å². The van der Waals surface area contributed by atoms with Crippen molar-refractivity contribution in [1.82, 2.24) is 15.6 Å². The monoisotopic (exact) mass is 698 g/mol. The van der Waals surface area contributed by atoms with Crippen LogP contribution in [0.4, 0.5) is 34.6 Å². The van der Waals surface area contributed by atoms with E-state index in [2.05, 4.69) is 20.2 Å². The third-order valence-corrected chi connectivity index (χ3v) is 9.09. The van der Waals surface area contributed by atoms with E-state index in [0.29, 0.717) is 8.29 Å². The number of nitrogens with one attached hydrogen (secondary N) is 5. The fraction of sp³-hybridized carbons (Fsp3) is 0.158. The number of halogens is 4. The standard InChI is InChI=1S/C19H16F4N6O7S5.Na/c20-18(21,19(22,23)41(34,35)36)15(31)26-25-10-4-6-11(7-5-10)29-40(32,33)13-3-1-2-12(8-13)24-14(30)9-38-17-28-27-16(37)39-17;/h1-8,25,29H,9H2,(H,24,30)(H,26,31)(H,27,37)(H,34,35,36);/q;+1/p-1. The maximum atomic E-state index is 13.5. The number of alkyl halides is 4. The Balaban J connectivity index is 0.00000616. The molecule has 0 spiro atoms. The maximum Gasteiger partial charge on any atom is 1.00 e. The van der Waals surface area contributed by atoms with Gasteiger partial charge in [0.25, 0.3) is 10.0 Å². The van der Waals surface area contributed by atoms with Crippen LogP contribution in [-0.4, -0.2) is 60.3 Å². The molecule has 0 bridgehead atoms. The summed E-state index contributed by atoms with van der Waals surface area (Å²) >= 11 is 7.21. The van der Waals surface area contributed by atoms with E-state index in [1.54, 1.807) is 5.43 Å². The average molecular weight is 699 g/mol. The molecule has 1 heterocycles. The second kappa shape index (κ2) is 14.0. The van der Waals surface area contributed by atoms with Gasteiger partial charge in [0.2, 0.25) is 5.91 Å². The number of carbonyl (C=O) groups is 2. The second-order valence-electron chi connectivity index (χ2n) is 7.55. The second-order valence-corrected chi connectivity index (χ2v) is 13.5. The number of thioether (sulfide) groups is 1.